The summed E-state index contributed by atoms with van der Waals surface area (Å²) in [4.78, 5) is 17.0. The Bertz CT molecular complexity index is 1400. The molecule has 1 unspecified atom stereocenters. The van der Waals surface area contributed by atoms with Crippen LogP contribution in [0.5, 0.6) is 5.75 Å². The zero-order valence-electron chi connectivity index (χ0n) is 18.6. The molecule has 180 valence electrons. The third-order valence-corrected chi connectivity index (χ3v) is 7.93. The highest BCUT2D eigenvalue weighted by molar-refractivity contribution is 7.23. The monoisotopic (exact) mass is 512 g/mol. The Hall–Kier alpha value is -3.16. The van der Waals surface area contributed by atoms with Crippen LogP contribution in [-0.2, 0) is 0 Å². The number of thiophene rings is 1. The van der Waals surface area contributed by atoms with E-state index in [1.54, 1.807) is 17.0 Å². The van der Waals surface area contributed by atoms with Gasteiger partial charge in [-0.1, -0.05) is 30.3 Å². The summed E-state index contributed by atoms with van der Waals surface area (Å²) in [6.45, 7) is 5.15. The summed E-state index contributed by atoms with van der Waals surface area (Å²) < 4.78 is 22.4. The van der Waals surface area contributed by atoms with Crippen LogP contribution in [-0.4, -0.2) is 59.3 Å². The highest BCUT2D eigenvalue weighted by atomic mass is 35.5. The summed E-state index contributed by atoms with van der Waals surface area (Å²) in [7, 11) is 0. The van der Waals surface area contributed by atoms with Gasteiger partial charge in [0.1, 0.15) is 23.1 Å². The number of hydrogen-bond acceptors (Lipinski definition) is 7. The van der Waals surface area contributed by atoms with Crippen molar-refractivity contribution in [2.24, 2.45) is 0 Å². The van der Waals surface area contributed by atoms with Crippen LogP contribution in [0.2, 0.25) is 5.02 Å². The number of nitriles is 1. The van der Waals surface area contributed by atoms with E-state index in [-0.39, 0.29) is 46.0 Å². The summed E-state index contributed by atoms with van der Waals surface area (Å²) in [5.41, 5.74) is 6.82. The van der Waals surface area contributed by atoms with Crippen molar-refractivity contribution < 1.29 is 19.0 Å². The molecule has 1 fully saturated rings. The maximum atomic E-state index is 15.7. The van der Waals surface area contributed by atoms with Crippen LogP contribution in [0.1, 0.15) is 22.3 Å². The van der Waals surface area contributed by atoms with Crippen molar-refractivity contribution in [3.63, 3.8) is 0 Å². The fraction of sp³-hybridized carbons (Fsp3) is 0.280. The van der Waals surface area contributed by atoms with E-state index in [4.69, 9.17) is 22.1 Å². The molecule has 0 spiro atoms. The molecule has 1 amide bonds. The Labute approximate surface area is 210 Å². The molecule has 2 aliphatic heterocycles. The molecule has 35 heavy (non-hydrogen) atoms. The minimum Gasteiger partial charge on any atom is -0.491 e. The van der Waals surface area contributed by atoms with Gasteiger partial charge in [0.15, 0.2) is 5.75 Å². The third kappa shape index (κ3) is 3.83. The maximum Gasteiger partial charge on any atom is 0.258 e. The Morgan fingerprint density at radius 1 is 1.40 bits per heavy atom. The third-order valence-electron chi connectivity index (χ3n) is 6.58. The molecule has 1 saturated heterocycles. The number of amides is 1. The molecular weight excluding hydrogens is 491 g/mol. The van der Waals surface area contributed by atoms with E-state index < -0.39 is 12.0 Å². The van der Waals surface area contributed by atoms with Crippen LogP contribution in [0.4, 0.5) is 9.39 Å². The predicted octanol–water partition coefficient (Wildman–Crippen LogP) is 4.23. The molecule has 0 aliphatic carbocycles. The number of nitrogen functional groups attached to an aromatic ring is 1. The molecule has 2 aliphatic rings. The summed E-state index contributed by atoms with van der Waals surface area (Å²) >= 11 is 7.97. The number of rotatable bonds is 3. The fourth-order valence-electron chi connectivity index (χ4n) is 4.87. The minimum absolute atomic E-state index is 0.0197. The van der Waals surface area contributed by atoms with E-state index in [0.717, 1.165) is 10.8 Å². The Balaban J connectivity index is 1.60. The van der Waals surface area contributed by atoms with Crippen LogP contribution in [0, 0.1) is 17.1 Å². The zero-order valence-corrected chi connectivity index (χ0v) is 20.2. The standard InChI is InChI=1S/C25H22ClFN4O3S/c1-2-19(32)30-7-8-31-13(12-30)6-9-34-23-15(25(31)33)10-17(27)21(22(23)26)14-4-3-5-18-20(14)16(11-28)24(29)35-18/h2-5,10,13,19,32H,1,6-9,12,29H2/t13-,19?/m0/s1. The van der Waals surface area contributed by atoms with Gasteiger partial charge in [0.05, 0.1) is 22.8 Å². The number of aliphatic hydroxyl groups is 1. The average Bonchev–Trinajstić information content (AvgIpc) is 3.18. The first-order valence-electron chi connectivity index (χ1n) is 11.1. The Morgan fingerprint density at radius 2 is 2.20 bits per heavy atom. The number of benzene rings is 2. The van der Waals surface area contributed by atoms with Gasteiger partial charge in [-0.25, -0.2) is 4.39 Å². The molecular formula is C25H22ClFN4O3S. The molecule has 2 atom stereocenters. The topological polar surface area (TPSA) is 103 Å². The van der Waals surface area contributed by atoms with Gasteiger partial charge in [-0.15, -0.1) is 11.3 Å². The number of ether oxygens (including phenoxy) is 1. The van der Waals surface area contributed by atoms with Crippen molar-refractivity contribution in [1.29, 1.82) is 5.26 Å². The molecule has 3 N–H and O–H groups in total. The van der Waals surface area contributed by atoms with E-state index in [9.17, 15) is 15.2 Å². The van der Waals surface area contributed by atoms with Gasteiger partial charge in [0.2, 0.25) is 0 Å². The number of hydrogen-bond donors (Lipinski definition) is 2. The van der Waals surface area contributed by atoms with Crippen LogP contribution >= 0.6 is 22.9 Å². The van der Waals surface area contributed by atoms with Crippen LogP contribution in [0.3, 0.4) is 0 Å². The number of fused-ring (bicyclic) bond motifs is 3. The second-order valence-electron chi connectivity index (χ2n) is 8.49. The van der Waals surface area contributed by atoms with Crippen molar-refractivity contribution in [3.05, 3.63) is 58.9 Å². The molecule has 10 heteroatoms. The molecule has 1 aromatic heterocycles. The second kappa shape index (κ2) is 9.13. The molecule has 3 aromatic rings. The summed E-state index contributed by atoms with van der Waals surface area (Å²) in [5, 5.41) is 20.6. The molecule has 3 heterocycles. The van der Waals surface area contributed by atoms with Crippen molar-refractivity contribution in [2.45, 2.75) is 18.7 Å². The van der Waals surface area contributed by atoms with Gasteiger partial charge in [0, 0.05) is 47.7 Å². The number of nitrogens with two attached hydrogens (primary N) is 1. The second-order valence-corrected chi connectivity index (χ2v) is 9.95. The molecule has 5 rings (SSSR count). The lowest BCUT2D eigenvalue weighted by Gasteiger charge is -2.43. The van der Waals surface area contributed by atoms with E-state index in [0.29, 0.717) is 42.0 Å². The lowest BCUT2D eigenvalue weighted by atomic mass is 9.96. The normalized spacial score (nSPS) is 19.2. The number of anilines is 1. The molecule has 2 aromatic carbocycles. The first-order valence-corrected chi connectivity index (χ1v) is 12.3. The van der Waals surface area contributed by atoms with Crippen molar-refractivity contribution >= 4 is 43.9 Å². The largest absolute Gasteiger partial charge is 0.491 e. The van der Waals surface area contributed by atoms with Crippen LogP contribution < -0.4 is 10.5 Å². The van der Waals surface area contributed by atoms with Crippen LogP contribution in [0.15, 0.2) is 36.9 Å². The first-order chi connectivity index (χ1) is 16.8. The van der Waals surface area contributed by atoms with E-state index in [1.165, 1.54) is 17.4 Å². The van der Waals surface area contributed by atoms with Gasteiger partial charge in [-0.05, 0) is 23.8 Å². The number of carbonyl (C=O) groups is 1. The molecule has 0 radical (unpaired) electrons. The fourth-order valence-corrected chi connectivity index (χ4v) is 6.16. The average molecular weight is 513 g/mol. The Morgan fingerprint density at radius 3 is 2.94 bits per heavy atom. The van der Waals surface area contributed by atoms with Gasteiger partial charge in [-0.3, -0.25) is 9.69 Å². The van der Waals surface area contributed by atoms with Gasteiger partial charge in [0.25, 0.3) is 5.91 Å². The van der Waals surface area contributed by atoms with Gasteiger partial charge < -0.3 is 20.5 Å². The predicted molar refractivity (Wildman–Crippen MR) is 134 cm³/mol. The van der Waals surface area contributed by atoms with E-state index in [2.05, 4.69) is 12.6 Å². The molecule has 7 nitrogen and oxygen atoms in total. The highest BCUT2D eigenvalue weighted by Crippen LogP contribution is 2.46. The van der Waals surface area contributed by atoms with Crippen LogP contribution in [0.25, 0.3) is 21.2 Å². The molecule has 0 saturated carbocycles. The molecule has 0 bridgehead atoms. The number of nitrogens with zero attached hydrogens (tertiary/aromatic N) is 3. The SMILES string of the molecule is C=CC(O)N1CCN2C(=O)c3cc(F)c(-c4cccc5sc(N)c(C#N)c45)c(Cl)c3OCC[C@H]2C1. The first kappa shape index (κ1) is 23.6. The van der Waals surface area contributed by atoms with Crippen molar-refractivity contribution in [1.82, 2.24) is 9.80 Å². The summed E-state index contributed by atoms with van der Waals surface area (Å²) in [6, 6.07) is 8.29. The minimum atomic E-state index is -0.799. The van der Waals surface area contributed by atoms with Gasteiger partial charge >= 0.3 is 0 Å². The quantitative estimate of drug-likeness (QED) is 0.509. The number of halogens is 2. The lowest BCUT2D eigenvalue weighted by Crippen LogP contribution is -2.58. The van der Waals surface area contributed by atoms with Crippen molar-refractivity contribution in [2.75, 3.05) is 32.0 Å². The van der Waals surface area contributed by atoms with Crippen molar-refractivity contribution in [3.8, 4) is 22.9 Å². The van der Waals surface area contributed by atoms with E-state index >= 15 is 4.39 Å². The summed E-state index contributed by atoms with van der Waals surface area (Å²) in [5.74, 6) is -0.941. The van der Waals surface area contributed by atoms with E-state index in [1.807, 2.05) is 11.0 Å². The number of aliphatic hydroxyl groups excluding tert-OH is 1. The smallest absolute Gasteiger partial charge is 0.258 e. The maximum absolute atomic E-state index is 15.7. The Kier molecular flexibility index (Phi) is 6.15. The number of carbonyl (C=O) groups excluding carboxylic acids is 1. The zero-order chi connectivity index (χ0) is 24.9. The lowest BCUT2D eigenvalue weighted by molar-refractivity contribution is -0.0191. The number of piperazine rings is 1. The summed E-state index contributed by atoms with van der Waals surface area (Å²) in [6.07, 6.45) is 1.17. The highest BCUT2D eigenvalue weighted by Gasteiger charge is 2.37. The van der Waals surface area contributed by atoms with Gasteiger partial charge in [-0.2, -0.15) is 5.26 Å².